The molecule has 1 aromatic heterocycles. The molecule has 3 N–H and O–H groups in total. The molecule has 3 aromatic rings. The molecule has 2 aromatic carbocycles. The Kier molecular flexibility index (Phi) is 3.42. The summed E-state index contributed by atoms with van der Waals surface area (Å²) < 4.78 is 0.991. The first-order valence-corrected chi connectivity index (χ1v) is 7.88. The zero-order valence-electron chi connectivity index (χ0n) is 13.5. The smallest absolute Gasteiger partial charge is 0.330 e. The molecule has 1 atom stereocenters. The van der Waals surface area contributed by atoms with Gasteiger partial charge in [-0.05, 0) is 16.3 Å². The quantitative estimate of drug-likeness (QED) is 0.658. The minimum atomic E-state index is -0.664. The van der Waals surface area contributed by atoms with E-state index in [0.29, 0.717) is 12.1 Å². The molecule has 0 bridgehead atoms. The minimum absolute atomic E-state index is 0.0253. The topological polar surface area (TPSA) is 99.5 Å². The molecule has 0 saturated carbocycles. The van der Waals surface area contributed by atoms with E-state index in [1.807, 2.05) is 42.5 Å². The summed E-state index contributed by atoms with van der Waals surface area (Å²) in [7, 11) is 1.39. The van der Waals surface area contributed by atoms with Crippen molar-refractivity contribution in [2.45, 2.75) is 12.5 Å². The fourth-order valence-corrected chi connectivity index (χ4v) is 3.20. The van der Waals surface area contributed by atoms with Gasteiger partial charge in [-0.25, -0.2) is 4.79 Å². The van der Waals surface area contributed by atoms with Crippen LogP contribution in [0, 0.1) is 0 Å². The average Bonchev–Trinajstić information content (AvgIpc) is 3.09. The molecule has 126 valence electrons. The normalized spacial score (nSPS) is 16.7. The van der Waals surface area contributed by atoms with Gasteiger partial charge >= 0.3 is 5.69 Å². The first-order valence-electron chi connectivity index (χ1n) is 7.88. The first kappa shape index (κ1) is 15.2. The number of aromatic amines is 1. The second-order valence-electron chi connectivity index (χ2n) is 6.03. The SMILES string of the molecule is Cn1c(O)c(C2=NN[C@@H](c3cccc4ccccc34)C2)c(=O)[nH]c1=O. The Morgan fingerprint density at radius 2 is 1.92 bits per heavy atom. The zero-order chi connectivity index (χ0) is 17.6. The lowest BCUT2D eigenvalue weighted by Gasteiger charge is -2.13. The summed E-state index contributed by atoms with van der Waals surface area (Å²) in [4.78, 5) is 25.9. The minimum Gasteiger partial charge on any atom is -0.494 e. The van der Waals surface area contributed by atoms with Crippen LogP contribution in [0.2, 0.25) is 0 Å². The predicted octanol–water partition coefficient (Wildman–Crippen LogP) is 1.37. The fraction of sp³-hybridized carbons (Fsp3) is 0.167. The highest BCUT2D eigenvalue weighted by atomic mass is 16.3. The van der Waals surface area contributed by atoms with Crippen LogP contribution in [0.5, 0.6) is 5.88 Å². The van der Waals surface area contributed by atoms with Gasteiger partial charge in [-0.3, -0.25) is 14.3 Å². The van der Waals surface area contributed by atoms with Crippen LogP contribution in [-0.4, -0.2) is 20.4 Å². The predicted molar refractivity (Wildman–Crippen MR) is 94.9 cm³/mol. The lowest BCUT2D eigenvalue weighted by atomic mass is 9.95. The van der Waals surface area contributed by atoms with Gasteiger partial charge in [-0.1, -0.05) is 42.5 Å². The number of H-pyrrole nitrogens is 1. The van der Waals surface area contributed by atoms with Crippen molar-refractivity contribution in [3.63, 3.8) is 0 Å². The molecule has 4 rings (SSSR count). The zero-order valence-corrected chi connectivity index (χ0v) is 13.5. The summed E-state index contributed by atoms with van der Waals surface area (Å²) in [6.45, 7) is 0. The summed E-state index contributed by atoms with van der Waals surface area (Å²) in [5.41, 5.74) is 3.25. The molecule has 0 amide bonds. The lowest BCUT2D eigenvalue weighted by Crippen LogP contribution is -2.32. The van der Waals surface area contributed by atoms with Gasteiger partial charge in [-0.15, -0.1) is 0 Å². The van der Waals surface area contributed by atoms with Gasteiger partial charge in [0.25, 0.3) is 5.56 Å². The highest BCUT2D eigenvalue weighted by molar-refractivity contribution is 6.03. The number of nitrogens with zero attached hydrogens (tertiary/aromatic N) is 2. The molecule has 7 heteroatoms. The maximum atomic E-state index is 12.1. The van der Waals surface area contributed by atoms with Crippen LogP contribution in [0.25, 0.3) is 10.8 Å². The number of hydrazone groups is 1. The third-order valence-electron chi connectivity index (χ3n) is 4.53. The highest BCUT2D eigenvalue weighted by Crippen LogP contribution is 2.30. The van der Waals surface area contributed by atoms with E-state index in [0.717, 1.165) is 20.9 Å². The molecule has 1 aliphatic heterocycles. The molecule has 0 unspecified atom stereocenters. The number of hydrogen-bond donors (Lipinski definition) is 3. The van der Waals surface area contributed by atoms with E-state index in [4.69, 9.17) is 0 Å². The fourth-order valence-electron chi connectivity index (χ4n) is 3.20. The maximum Gasteiger partial charge on any atom is 0.330 e. The van der Waals surface area contributed by atoms with Crippen molar-refractivity contribution in [3.05, 3.63) is 74.4 Å². The molecule has 0 saturated heterocycles. The molecule has 25 heavy (non-hydrogen) atoms. The van der Waals surface area contributed by atoms with E-state index in [1.165, 1.54) is 7.05 Å². The first-order chi connectivity index (χ1) is 12.1. The number of aromatic nitrogens is 2. The van der Waals surface area contributed by atoms with Gasteiger partial charge in [0, 0.05) is 13.5 Å². The standard InChI is InChI=1S/C18H16N4O3/c1-22-17(24)15(16(23)19-18(22)25)14-9-13(20-21-14)12-8-4-6-10-5-2-3-7-11(10)12/h2-8,13,20,24H,9H2,1H3,(H,19,23,25)/t13-/m1/s1. The summed E-state index contributed by atoms with van der Waals surface area (Å²) in [5.74, 6) is -0.382. The van der Waals surface area contributed by atoms with Gasteiger partial charge in [0.1, 0.15) is 5.56 Å². The molecule has 0 radical (unpaired) electrons. The molecule has 1 aliphatic rings. The Morgan fingerprint density at radius 3 is 2.76 bits per heavy atom. The van der Waals surface area contributed by atoms with E-state index < -0.39 is 11.2 Å². The second kappa shape index (κ2) is 5.62. The van der Waals surface area contributed by atoms with Crippen molar-refractivity contribution in [2.24, 2.45) is 12.1 Å². The van der Waals surface area contributed by atoms with E-state index in [9.17, 15) is 14.7 Å². The summed E-state index contributed by atoms with van der Waals surface area (Å²) in [5, 5.41) is 16.6. The van der Waals surface area contributed by atoms with Gasteiger partial charge < -0.3 is 10.5 Å². The van der Waals surface area contributed by atoms with Crippen LogP contribution in [0.15, 0.2) is 57.2 Å². The van der Waals surface area contributed by atoms with E-state index in [1.54, 1.807) is 0 Å². The van der Waals surface area contributed by atoms with Crippen molar-refractivity contribution < 1.29 is 5.11 Å². The molecular weight excluding hydrogens is 320 g/mol. The van der Waals surface area contributed by atoms with Crippen LogP contribution in [-0.2, 0) is 7.05 Å². The van der Waals surface area contributed by atoms with Crippen molar-refractivity contribution in [2.75, 3.05) is 0 Å². The van der Waals surface area contributed by atoms with E-state index in [-0.39, 0.29) is 17.5 Å². The van der Waals surface area contributed by atoms with Gasteiger partial charge in [0.05, 0.1) is 11.8 Å². The number of fused-ring (bicyclic) bond motifs is 1. The molecular formula is C18H16N4O3. The Morgan fingerprint density at radius 1 is 1.16 bits per heavy atom. The number of rotatable bonds is 2. The number of aromatic hydroxyl groups is 1. The summed E-state index contributed by atoms with van der Waals surface area (Å²) in [6.07, 6.45) is 0.433. The Balaban J connectivity index is 1.74. The Bertz CT molecular complexity index is 1120. The monoisotopic (exact) mass is 336 g/mol. The maximum absolute atomic E-state index is 12.1. The Hall–Kier alpha value is -3.35. The number of hydrogen-bond acceptors (Lipinski definition) is 5. The molecule has 0 fully saturated rings. The lowest BCUT2D eigenvalue weighted by molar-refractivity contribution is 0.416. The van der Waals surface area contributed by atoms with Crippen LogP contribution in [0.4, 0.5) is 0 Å². The van der Waals surface area contributed by atoms with Crippen molar-refractivity contribution in [3.8, 4) is 5.88 Å². The average molecular weight is 336 g/mol. The van der Waals surface area contributed by atoms with Gasteiger partial charge in [-0.2, -0.15) is 5.10 Å². The van der Waals surface area contributed by atoms with E-state index >= 15 is 0 Å². The summed E-state index contributed by atoms with van der Waals surface area (Å²) in [6, 6.07) is 14.0. The third kappa shape index (κ3) is 2.40. The van der Waals surface area contributed by atoms with Gasteiger partial charge in [0.2, 0.25) is 5.88 Å². The molecule has 2 heterocycles. The van der Waals surface area contributed by atoms with Gasteiger partial charge in [0.15, 0.2) is 0 Å². The van der Waals surface area contributed by atoms with Crippen LogP contribution in [0.3, 0.4) is 0 Å². The molecule has 7 nitrogen and oxygen atoms in total. The highest BCUT2D eigenvalue weighted by Gasteiger charge is 2.27. The Labute approximate surface area is 142 Å². The van der Waals surface area contributed by atoms with Crippen molar-refractivity contribution in [1.82, 2.24) is 15.0 Å². The van der Waals surface area contributed by atoms with E-state index in [2.05, 4.69) is 15.5 Å². The van der Waals surface area contributed by atoms with Crippen LogP contribution < -0.4 is 16.7 Å². The van der Waals surface area contributed by atoms with Crippen LogP contribution in [0.1, 0.15) is 23.6 Å². The summed E-state index contributed by atoms with van der Waals surface area (Å²) >= 11 is 0. The molecule has 0 spiro atoms. The van der Waals surface area contributed by atoms with Crippen molar-refractivity contribution in [1.29, 1.82) is 0 Å². The second-order valence-corrected chi connectivity index (χ2v) is 6.03. The number of nitrogens with one attached hydrogen (secondary N) is 2. The third-order valence-corrected chi connectivity index (χ3v) is 4.53. The van der Waals surface area contributed by atoms with Crippen LogP contribution >= 0.6 is 0 Å². The largest absolute Gasteiger partial charge is 0.494 e. The molecule has 0 aliphatic carbocycles. The van der Waals surface area contributed by atoms with Crippen molar-refractivity contribution >= 4 is 16.5 Å². The number of benzene rings is 2.